The highest BCUT2D eigenvalue weighted by Gasteiger charge is 2.04. The van der Waals surface area contributed by atoms with E-state index in [4.69, 9.17) is 5.11 Å². The largest absolute Gasteiger partial charge is 0.481 e. The molecule has 0 aliphatic rings. The lowest BCUT2D eigenvalue weighted by Gasteiger charge is -1.97. The maximum atomic E-state index is 10.6. The molecule has 0 fully saturated rings. The molecule has 4 nitrogen and oxygen atoms in total. The van der Waals surface area contributed by atoms with E-state index in [-0.39, 0.29) is 19.4 Å². The monoisotopic (exact) mass is 176 g/mol. The van der Waals surface area contributed by atoms with Gasteiger partial charge in [-0.15, -0.1) is 8.86 Å². The van der Waals surface area contributed by atoms with Crippen LogP contribution in [-0.4, -0.2) is 29.4 Å². The Balaban J connectivity index is 3.37. The molecule has 0 atom stereocenters. The van der Waals surface area contributed by atoms with Crippen LogP contribution in [0.25, 0.3) is 0 Å². The third-order valence-electron chi connectivity index (χ3n) is 0.871. The zero-order valence-corrected chi connectivity index (χ0v) is 6.87. The molecule has 0 aromatic heterocycles. The summed E-state index contributed by atoms with van der Waals surface area (Å²) in [6.45, 7) is 0.162. The molecular weight excluding hydrogens is 167 g/mol. The van der Waals surface area contributed by atoms with Crippen molar-refractivity contribution >= 4 is 26.6 Å². The molecule has 0 rings (SSSR count). The molecule has 5 heteroatoms. The smallest absolute Gasteiger partial charge is 0.306 e. The Morgan fingerprint density at radius 3 is 2.55 bits per heavy atom. The third-order valence-corrected chi connectivity index (χ3v) is 1.04. The number of esters is 1. The summed E-state index contributed by atoms with van der Waals surface area (Å²) < 4.78 is 4.54. The summed E-state index contributed by atoms with van der Waals surface area (Å²) in [7, 11) is 2.98. The Labute approximate surface area is 66.4 Å². The lowest BCUT2D eigenvalue weighted by Crippen LogP contribution is -2.08. The number of ether oxygens (including phenoxy) is 1. The van der Waals surface area contributed by atoms with Gasteiger partial charge in [-0.2, -0.15) is 0 Å². The van der Waals surface area contributed by atoms with E-state index < -0.39 is 11.9 Å². The van der Waals surface area contributed by atoms with E-state index in [1.165, 1.54) is 5.80 Å². The molecule has 0 saturated heterocycles. The molecule has 0 aromatic carbocycles. The maximum absolute atomic E-state index is 10.6. The minimum atomic E-state index is -0.996. The molecule has 0 radical (unpaired) electrons. The first kappa shape index (κ1) is 10.1. The van der Waals surface area contributed by atoms with E-state index in [0.29, 0.717) is 0 Å². The number of carboxylic acid groups (broad SMARTS) is 1. The zero-order chi connectivity index (χ0) is 8.69. The van der Waals surface area contributed by atoms with Gasteiger partial charge in [-0.1, -0.05) is 0 Å². The predicted molar refractivity (Wildman–Crippen MR) is 42.2 cm³/mol. The first-order valence-corrected chi connectivity index (χ1v) is 3.61. The highest BCUT2D eigenvalue weighted by Crippen LogP contribution is 1.91. The average Bonchev–Trinajstić information content (AvgIpc) is 1.97. The van der Waals surface area contributed by atoms with Gasteiger partial charge >= 0.3 is 11.9 Å². The zero-order valence-electron chi connectivity index (χ0n) is 5.87. The number of hydrogen-bond donors (Lipinski definition) is 1. The summed E-state index contributed by atoms with van der Waals surface area (Å²) >= 11 is 0. The van der Waals surface area contributed by atoms with Crippen molar-refractivity contribution in [2.24, 2.45) is 0 Å². The number of carboxylic acids is 1. The highest BCUT2D eigenvalue weighted by atomic mass is 31.0. The summed E-state index contributed by atoms with van der Waals surface area (Å²) in [4.78, 5) is 20.5. The Morgan fingerprint density at radius 1 is 1.45 bits per heavy atom. The molecule has 0 unspecified atom stereocenters. The fourth-order valence-corrected chi connectivity index (χ4v) is 0.499. The minimum absolute atomic E-state index is 0.0740. The molecule has 0 spiro atoms. The molecule has 1 N–H and O–H groups in total. The van der Waals surface area contributed by atoms with E-state index >= 15 is 0 Å². The molecule has 0 bridgehead atoms. The first-order valence-electron chi connectivity index (χ1n) is 3.03. The second-order valence-corrected chi connectivity index (χ2v) is 2.19. The molecule has 62 valence electrons. The fraction of sp³-hybridized carbons (Fsp3) is 0.500. The van der Waals surface area contributed by atoms with Crippen LogP contribution in [0.1, 0.15) is 12.8 Å². The quantitative estimate of drug-likeness (QED) is 0.484. The van der Waals surface area contributed by atoms with E-state index in [9.17, 15) is 9.59 Å². The molecular formula is C6H9O4P. The number of aliphatic carboxylic acids is 1. The summed E-state index contributed by atoms with van der Waals surface area (Å²) in [6, 6.07) is 0. The summed E-state index contributed by atoms with van der Waals surface area (Å²) in [5, 5.41) is 8.16. The lowest BCUT2D eigenvalue weighted by atomic mass is 10.3. The van der Waals surface area contributed by atoms with Gasteiger partial charge in [0.05, 0.1) is 12.8 Å². The van der Waals surface area contributed by atoms with Crippen molar-refractivity contribution in [1.82, 2.24) is 0 Å². The molecule has 0 aromatic rings. The Bertz CT molecular complexity index is 166. The number of rotatable bonds is 5. The van der Waals surface area contributed by atoms with Gasteiger partial charge in [-0.05, 0) is 5.80 Å². The van der Waals surface area contributed by atoms with Gasteiger partial charge in [0.1, 0.15) is 6.61 Å². The van der Waals surface area contributed by atoms with E-state index in [0.717, 1.165) is 0 Å². The number of carbonyl (C=O) groups excluding carboxylic acids is 1. The molecule has 0 heterocycles. The summed E-state index contributed by atoms with van der Waals surface area (Å²) in [5.74, 6) is -0.00947. The fourth-order valence-electron chi connectivity index (χ4n) is 0.416. The Kier molecular flexibility index (Phi) is 5.39. The van der Waals surface area contributed by atoms with Gasteiger partial charge in [0.25, 0.3) is 0 Å². The first-order chi connectivity index (χ1) is 5.16. The van der Waals surface area contributed by atoms with Crippen LogP contribution in [-0.2, 0) is 14.3 Å². The normalized spacial score (nSPS) is 8.73. The predicted octanol–water partition coefficient (Wildman–Crippen LogP) is 0.339. The van der Waals surface area contributed by atoms with Crippen LogP contribution in [0.15, 0.2) is 0 Å². The van der Waals surface area contributed by atoms with Crippen LogP contribution in [0.3, 0.4) is 0 Å². The molecule has 0 aliphatic heterocycles. The lowest BCUT2D eigenvalue weighted by molar-refractivity contribution is -0.146. The van der Waals surface area contributed by atoms with Crippen LogP contribution >= 0.6 is 8.86 Å². The topological polar surface area (TPSA) is 63.6 Å². The SMILES string of the molecule is O=C(O)CCC(=O)OCC=P. The standard InChI is InChI=1S/C6H9O4P/c7-5(8)1-2-6(9)10-3-4-11/h4,11H,1-3H2,(H,7,8). The van der Waals surface area contributed by atoms with Crippen molar-refractivity contribution < 1.29 is 19.4 Å². The van der Waals surface area contributed by atoms with Crippen LogP contribution in [0.4, 0.5) is 0 Å². The Hall–Kier alpha value is -0.890. The average molecular weight is 176 g/mol. The van der Waals surface area contributed by atoms with E-state index in [1.54, 1.807) is 0 Å². The van der Waals surface area contributed by atoms with Crippen molar-refractivity contribution in [2.45, 2.75) is 12.8 Å². The number of hydrogen-bond acceptors (Lipinski definition) is 3. The van der Waals surface area contributed by atoms with Crippen molar-refractivity contribution in [1.29, 1.82) is 0 Å². The van der Waals surface area contributed by atoms with Gasteiger partial charge in [-0.25, -0.2) is 0 Å². The van der Waals surface area contributed by atoms with Gasteiger partial charge in [-0.3, -0.25) is 9.59 Å². The summed E-state index contributed by atoms with van der Waals surface area (Å²) in [5.41, 5.74) is 0. The van der Waals surface area contributed by atoms with Crippen molar-refractivity contribution in [3.63, 3.8) is 0 Å². The van der Waals surface area contributed by atoms with E-state index in [1.807, 2.05) is 0 Å². The maximum Gasteiger partial charge on any atom is 0.306 e. The van der Waals surface area contributed by atoms with Crippen molar-refractivity contribution in [2.75, 3.05) is 6.61 Å². The number of carbonyl (C=O) groups is 2. The van der Waals surface area contributed by atoms with Gasteiger partial charge < -0.3 is 9.84 Å². The highest BCUT2D eigenvalue weighted by molar-refractivity contribution is 7.18. The van der Waals surface area contributed by atoms with Gasteiger partial charge in [0.15, 0.2) is 0 Å². The van der Waals surface area contributed by atoms with Crippen molar-refractivity contribution in [3.8, 4) is 0 Å². The van der Waals surface area contributed by atoms with E-state index in [2.05, 4.69) is 13.6 Å². The third kappa shape index (κ3) is 7.00. The molecule has 11 heavy (non-hydrogen) atoms. The minimum Gasteiger partial charge on any atom is -0.481 e. The molecule has 0 aliphatic carbocycles. The van der Waals surface area contributed by atoms with Gasteiger partial charge in [0, 0.05) is 0 Å². The van der Waals surface area contributed by atoms with Crippen LogP contribution in [0, 0.1) is 0 Å². The summed E-state index contributed by atoms with van der Waals surface area (Å²) in [6.07, 6.45) is -0.254. The Morgan fingerprint density at radius 2 is 2.09 bits per heavy atom. The van der Waals surface area contributed by atoms with Crippen molar-refractivity contribution in [3.05, 3.63) is 0 Å². The second kappa shape index (κ2) is 5.86. The second-order valence-electron chi connectivity index (χ2n) is 1.78. The van der Waals surface area contributed by atoms with Gasteiger partial charge in [0.2, 0.25) is 0 Å². The molecule has 0 amide bonds. The van der Waals surface area contributed by atoms with Crippen LogP contribution in [0.2, 0.25) is 0 Å². The van der Waals surface area contributed by atoms with Crippen LogP contribution in [0.5, 0.6) is 0 Å². The van der Waals surface area contributed by atoms with Crippen LogP contribution < -0.4 is 0 Å². The molecule has 0 saturated carbocycles.